The fourth-order valence-electron chi connectivity index (χ4n) is 2.63. The molecule has 2 aliphatic rings. The molecule has 4 nitrogen and oxygen atoms in total. The third-order valence-electron chi connectivity index (χ3n) is 3.43. The number of rotatable bonds is 1. The summed E-state index contributed by atoms with van der Waals surface area (Å²) >= 11 is 0. The van der Waals surface area contributed by atoms with E-state index in [2.05, 4.69) is 0 Å². The second-order valence-electron chi connectivity index (χ2n) is 4.44. The van der Waals surface area contributed by atoms with Gasteiger partial charge in [0.05, 0.1) is 10.9 Å². The summed E-state index contributed by atoms with van der Waals surface area (Å²) < 4.78 is 28.2. The van der Waals surface area contributed by atoms with Crippen LogP contribution in [0.2, 0.25) is 0 Å². The largest absolute Gasteiger partial charge is 0.375 e. The molecular weight excluding hydrogens is 202 g/mol. The van der Waals surface area contributed by atoms with Gasteiger partial charge in [0, 0.05) is 6.61 Å². The SMILES string of the molecule is NS(=O)(=O)C1CCOC2(CCCC2)C1. The van der Waals surface area contributed by atoms with Gasteiger partial charge in [0.1, 0.15) is 0 Å². The second kappa shape index (κ2) is 3.47. The maximum atomic E-state index is 11.2. The van der Waals surface area contributed by atoms with Crippen LogP contribution in [0.25, 0.3) is 0 Å². The molecule has 0 aromatic carbocycles. The quantitative estimate of drug-likeness (QED) is 0.708. The Bertz CT molecular complexity index is 306. The lowest BCUT2D eigenvalue weighted by Crippen LogP contribution is -2.44. The molecule has 0 bridgehead atoms. The van der Waals surface area contributed by atoms with Crippen molar-refractivity contribution in [3.8, 4) is 0 Å². The van der Waals surface area contributed by atoms with Gasteiger partial charge < -0.3 is 4.74 Å². The Morgan fingerprint density at radius 1 is 1.29 bits per heavy atom. The zero-order chi connectivity index (χ0) is 10.2. The van der Waals surface area contributed by atoms with Gasteiger partial charge in [-0.2, -0.15) is 0 Å². The number of primary sulfonamides is 1. The molecule has 14 heavy (non-hydrogen) atoms. The number of ether oxygens (including phenoxy) is 1. The molecule has 5 heteroatoms. The summed E-state index contributed by atoms with van der Waals surface area (Å²) in [5.41, 5.74) is -0.157. The standard InChI is InChI=1S/C9H17NO3S/c10-14(11,12)8-3-6-13-9(7-8)4-1-2-5-9/h8H,1-7H2,(H2,10,11,12). The Hall–Kier alpha value is -0.130. The number of hydrogen-bond donors (Lipinski definition) is 1. The summed E-state index contributed by atoms with van der Waals surface area (Å²) in [5, 5.41) is 4.80. The lowest BCUT2D eigenvalue weighted by Gasteiger charge is -2.37. The third-order valence-corrected chi connectivity index (χ3v) is 4.76. The van der Waals surface area contributed by atoms with Crippen molar-refractivity contribution in [1.82, 2.24) is 0 Å². The van der Waals surface area contributed by atoms with Crippen LogP contribution in [-0.4, -0.2) is 25.9 Å². The van der Waals surface area contributed by atoms with Gasteiger partial charge in [-0.25, -0.2) is 13.6 Å². The van der Waals surface area contributed by atoms with E-state index >= 15 is 0 Å². The van der Waals surface area contributed by atoms with Crippen molar-refractivity contribution in [2.45, 2.75) is 49.4 Å². The Balaban J connectivity index is 2.11. The molecule has 1 atom stereocenters. The Morgan fingerprint density at radius 3 is 2.50 bits per heavy atom. The van der Waals surface area contributed by atoms with Crippen molar-refractivity contribution in [3.05, 3.63) is 0 Å². The molecule has 82 valence electrons. The summed E-state index contributed by atoms with van der Waals surface area (Å²) in [6, 6.07) is 0. The minimum atomic E-state index is -3.37. The Labute approximate surface area is 84.9 Å². The lowest BCUT2D eigenvalue weighted by molar-refractivity contribution is -0.0713. The highest BCUT2D eigenvalue weighted by Gasteiger charge is 2.42. The first-order chi connectivity index (χ1) is 6.52. The van der Waals surface area contributed by atoms with Gasteiger partial charge in [-0.05, 0) is 25.7 Å². The molecule has 1 aliphatic carbocycles. The van der Waals surface area contributed by atoms with Crippen molar-refractivity contribution in [1.29, 1.82) is 0 Å². The molecule has 0 amide bonds. The van der Waals surface area contributed by atoms with Gasteiger partial charge in [0.2, 0.25) is 10.0 Å². The van der Waals surface area contributed by atoms with Crippen LogP contribution in [0.4, 0.5) is 0 Å². The molecule has 1 saturated carbocycles. The first-order valence-electron chi connectivity index (χ1n) is 5.17. The van der Waals surface area contributed by atoms with E-state index < -0.39 is 10.0 Å². The maximum absolute atomic E-state index is 11.2. The summed E-state index contributed by atoms with van der Waals surface area (Å²) in [6.45, 7) is 0.543. The fraction of sp³-hybridized carbons (Fsp3) is 1.00. The molecule has 1 heterocycles. The normalized spacial score (nSPS) is 32.2. The van der Waals surface area contributed by atoms with Gasteiger partial charge in [-0.3, -0.25) is 0 Å². The summed E-state index contributed by atoms with van der Waals surface area (Å²) in [7, 11) is -3.37. The average molecular weight is 219 g/mol. The van der Waals surface area contributed by atoms with Gasteiger partial charge in [-0.1, -0.05) is 12.8 Å². The first kappa shape index (κ1) is 10.4. The molecule has 1 aliphatic heterocycles. The van der Waals surface area contributed by atoms with E-state index in [9.17, 15) is 8.42 Å². The molecule has 1 spiro atoms. The Morgan fingerprint density at radius 2 is 1.93 bits per heavy atom. The minimum absolute atomic E-state index is 0.157. The summed E-state index contributed by atoms with van der Waals surface area (Å²) in [6.07, 6.45) is 5.46. The van der Waals surface area contributed by atoms with E-state index in [1.165, 1.54) is 0 Å². The monoisotopic (exact) mass is 219 g/mol. The lowest BCUT2D eigenvalue weighted by atomic mass is 9.92. The minimum Gasteiger partial charge on any atom is -0.375 e. The van der Waals surface area contributed by atoms with Crippen molar-refractivity contribution in [3.63, 3.8) is 0 Å². The van der Waals surface area contributed by atoms with E-state index in [4.69, 9.17) is 9.88 Å². The number of sulfonamides is 1. The predicted octanol–water partition coefficient (Wildman–Crippen LogP) is 0.767. The molecule has 0 aromatic rings. The van der Waals surface area contributed by atoms with E-state index in [0.717, 1.165) is 25.7 Å². The molecule has 2 fully saturated rings. The first-order valence-corrected chi connectivity index (χ1v) is 6.78. The van der Waals surface area contributed by atoms with Crippen molar-refractivity contribution >= 4 is 10.0 Å². The fourth-order valence-corrected chi connectivity index (χ4v) is 3.59. The van der Waals surface area contributed by atoms with Crippen LogP contribution in [0.15, 0.2) is 0 Å². The van der Waals surface area contributed by atoms with Crippen LogP contribution >= 0.6 is 0 Å². The van der Waals surface area contributed by atoms with Gasteiger partial charge >= 0.3 is 0 Å². The highest BCUT2D eigenvalue weighted by Crippen LogP contribution is 2.41. The van der Waals surface area contributed by atoms with E-state index in [0.29, 0.717) is 19.4 Å². The molecule has 0 aromatic heterocycles. The van der Waals surface area contributed by atoms with E-state index in [-0.39, 0.29) is 10.9 Å². The zero-order valence-electron chi connectivity index (χ0n) is 8.24. The number of nitrogens with two attached hydrogens (primary N) is 1. The average Bonchev–Trinajstić information content (AvgIpc) is 2.52. The molecule has 1 saturated heterocycles. The van der Waals surface area contributed by atoms with E-state index in [1.54, 1.807) is 0 Å². The van der Waals surface area contributed by atoms with Crippen LogP contribution in [0, 0.1) is 0 Å². The third kappa shape index (κ3) is 1.94. The van der Waals surface area contributed by atoms with Gasteiger partial charge in [-0.15, -0.1) is 0 Å². The number of hydrogen-bond acceptors (Lipinski definition) is 3. The van der Waals surface area contributed by atoms with Crippen LogP contribution in [-0.2, 0) is 14.8 Å². The molecule has 0 radical (unpaired) electrons. The molecule has 2 rings (SSSR count). The van der Waals surface area contributed by atoms with Crippen molar-refractivity contribution < 1.29 is 13.2 Å². The second-order valence-corrected chi connectivity index (χ2v) is 6.29. The summed E-state index contributed by atoms with van der Waals surface area (Å²) in [4.78, 5) is 0. The van der Waals surface area contributed by atoms with Gasteiger partial charge in [0.25, 0.3) is 0 Å². The van der Waals surface area contributed by atoms with Crippen LogP contribution < -0.4 is 5.14 Å². The predicted molar refractivity (Wildman–Crippen MR) is 53.3 cm³/mol. The zero-order valence-corrected chi connectivity index (χ0v) is 9.05. The highest BCUT2D eigenvalue weighted by molar-refractivity contribution is 7.89. The smallest absolute Gasteiger partial charge is 0.212 e. The van der Waals surface area contributed by atoms with Crippen molar-refractivity contribution in [2.75, 3.05) is 6.61 Å². The van der Waals surface area contributed by atoms with Crippen molar-refractivity contribution in [2.24, 2.45) is 5.14 Å². The topological polar surface area (TPSA) is 69.4 Å². The van der Waals surface area contributed by atoms with Crippen LogP contribution in [0.5, 0.6) is 0 Å². The maximum Gasteiger partial charge on any atom is 0.212 e. The van der Waals surface area contributed by atoms with Crippen LogP contribution in [0.3, 0.4) is 0 Å². The molecule has 2 N–H and O–H groups in total. The molecule has 1 unspecified atom stereocenters. The van der Waals surface area contributed by atoms with Gasteiger partial charge in [0.15, 0.2) is 0 Å². The summed E-state index contributed by atoms with van der Waals surface area (Å²) in [5.74, 6) is 0. The van der Waals surface area contributed by atoms with Crippen LogP contribution in [0.1, 0.15) is 38.5 Å². The highest BCUT2D eigenvalue weighted by atomic mass is 32.2. The Kier molecular flexibility index (Phi) is 2.57. The molecular formula is C9H17NO3S. The van der Waals surface area contributed by atoms with E-state index in [1.807, 2.05) is 0 Å².